The zero-order chi connectivity index (χ0) is 18.1. The molecule has 2 amide bonds. The fourth-order valence-corrected chi connectivity index (χ4v) is 2.87. The summed E-state index contributed by atoms with van der Waals surface area (Å²) in [7, 11) is 0. The number of benzene rings is 1. The van der Waals surface area contributed by atoms with Gasteiger partial charge in [0.05, 0.1) is 32.3 Å². The highest BCUT2D eigenvalue weighted by Gasteiger charge is 2.25. The van der Waals surface area contributed by atoms with Crippen molar-refractivity contribution in [3.05, 3.63) is 35.9 Å². The van der Waals surface area contributed by atoms with E-state index in [-0.39, 0.29) is 17.9 Å². The summed E-state index contributed by atoms with van der Waals surface area (Å²) in [6.07, 6.45) is 1.06. The summed E-state index contributed by atoms with van der Waals surface area (Å²) in [5.74, 6) is 0.150. The van der Waals surface area contributed by atoms with Crippen molar-refractivity contribution in [1.29, 1.82) is 0 Å². The summed E-state index contributed by atoms with van der Waals surface area (Å²) in [6.45, 7) is 8.80. The average molecular weight is 348 g/mol. The van der Waals surface area contributed by atoms with E-state index in [2.05, 4.69) is 5.32 Å². The lowest BCUT2D eigenvalue weighted by atomic mass is 10.2. The van der Waals surface area contributed by atoms with Crippen LogP contribution in [0, 0.1) is 0 Å². The summed E-state index contributed by atoms with van der Waals surface area (Å²) in [5.41, 5.74) is 0.729. The Morgan fingerprint density at radius 1 is 1.20 bits per heavy atom. The van der Waals surface area contributed by atoms with Crippen LogP contribution in [0.15, 0.2) is 30.3 Å². The number of hydrogen-bond donors (Lipinski definition) is 2. The molecule has 1 saturated heterocycles. The lowest BCUT2D eigenvalue weighted by Crippen LogP contribution is -3.15. The van der Waals surface area contributed by atoms with Crippen molar-refractivity contribution in [2.24, 2.45) is 0 Å². The fourth-order valence-electron chi connectivity index (χ4n) is 2.87. The number of hydrogen-bond acceptors (Lipinski definition) is 3. The second kappa shape index (κ2) is 10.2. The highest BCUT2D eigenvalue weighted by atomic mass is 16.5. The summed E-state index contributed by atoms with van der Waals surface area (Å²) in [6, 6.07) is 9.36. The van der Waals surface area contributed by atoms with Gasteiger partial charge in [-0.25, -0.2) is 0 Å². The van der Waals surface area contributed by atoms with Crippen LogP contribution in [0.4, 0.5) is 0 Å². The van der Waals surface area contributed by atoms with Gasteiger partial charge in [-0.05, 0) is 32.4 Å². The number of quaternary nitrogens is 1. The molecule has 0 radical (unpaired) electrons. The first-order valence-corrected chi connectivity index (χ1v) is 9.12. The molecule has 138 valence electrons. The molecular formula is C19H30N3O3+. The molecule has 0 spiro atoms. The molecule has 0 atom stereocenters. The second-order valence-corrected chi connectivity index (χ2v) is 6.71. The first-order valence-electron chi connectivity index (χ1n) is 9.12. The van der Waals surface area contributed by atoms with Crippen molar-refractivity contribution in [3.8, 4) is 0 Å². The molecule has 25 heavy (non-hydrogen) atoms. The summed E-state index contributed by atoms with van der Waals surface area (Å²) in [5, 5.41) is 2.94. The molecule has 0 unspecified atom stereocenters. The number of nitrogens with zero attached hydrogens (tertiary/aromatic N) is 1. The van der Waals surface area contributed by atoms with Crippen LogP contribution in [-0.4, -0.2) is 68.7 Å². The van der Waals surface area contributed by atoms with E-state index < -0.39 is 0 Å². The maximum Gasteiger partial charge on any atom is 0.275 e. The second-order valence-electron chi connectivity index (χ2n) is 6.71. The van der Waals surface area contributed by atoms with Gasteiger partial charge in [-0.3, -0.25) is 9.59 Å². The predicted octanol–water partition coefficient (Wildman–Crippen LogP) is -0.0414. The van der Waals surface area contributed by atoms with Crippen molar-refractivity contribution in [1.82, 2.24) is 10.2 Å². The minimum atomic E-state index is 0.0717. The predicted molar refractivity (Wildman–Crippen MR) is 96.6 cm³/mol. The molecule has 2 rings (SSSR count). The van der Waals surface area contributed by atoms with Crippen molar-refractivity contribution in [3.63, 3.8) is 0 Å². The van der Waals surface area contributed by atoms with E-state index >= 15 is 0 Å². The van der Waals surface area contributed by atoms with Crippen LogP contribution in [0.3, 0.4) is 0 Å². The molecule has 1 aromatic rings. The monoisotopic (exact) mass is 348 g/mol. The molecule has 1 aromatic carbocycles. The Morgan fingerprint density at radius 3 is 2.52 bits per heavy atom. The molecule has 1 heterocycles. The van der Waals surface area contributed by atoms with Gasteiger partial charge in [-0.2, -0.15) is 0 Å². The van der Waals surface area contributed by atoms with Crippen molar-refractivity contribution in [2.75, 3.05) is 45.9 Å². The average Bonchev–Trinajstić information content (AvgIpc) is 2.62. The third-order valence-corrected chi connectivity index (χ3v) is 4.28. The first-order chi connectivity index (χ1) is 12.1. The number of carbonyl (C=O) groups excluding carboxylic acids is 2. The molecule has 0 saturated carbocycles. The van der Waals surface area contributed by atoms with E-state index in [1.165, 1.54) is 4.90 Å². The normalized spacial score (nSPS) is 15.4. The number of amides is 2. The highest BCUT2D eigenvalue weighted by Crippen LogP contribution is 2.04. The molecule has 1 aliphatic rings. The molecule has 6 heteroatoms. The number of ether oxygens (including phenoxy) is 1. The Balaban J connectivity index is 1.63. The maximum atomic E-state index is 12.4. The van der Waals surface area contributed by atoms with Gasteiger partial charge in [0.25, 0.3) is 11.8 Å². The van der Waals surface area contributed by atoms with Crippen molar-refractivity contribution >= 4 is 11.8 Å². The summed E-state index contributed by atoms with van der Waals surface area (Å²) >= 11 is 0. The smallest absolute Gasteiger partial charge is 0.275 e. The molecule has 1 fully saturated rings. The largest absolute Gasteiger partial charge is 0.379 e. The summed E-state index contributed by atoms with van der Waals surface area (Å²) < 4.78 is 5.45. The van der Waals surface area contributed by atoms with Gasteiger partial charge in [0.2, 0.25) is 0 Å². The van der Waals surface area contributed by atoms with Gasteiger partial charge in [-0.15, -0.1) is 0 Å². The third kappa shape index (κ3) is 6.84. The van der Waals surface area contributed by atoms with E-state index in [0.29, 0.717) is 32.8 Å². The van der Waals surface area contributed by atoms with E-state index in [9.17, 15) is 9.59 Å². The fraction of sp³-hybridized carbons (Fsp3) is 0.579. The van der Waals surface area contributed by atoms with Gasteiger partial charge in [-0.1, -0.05) is 18.2 Å². The SMILES string of the molecule is CC(C)OCCCNC(=O)C[NH+]1CCN(C(=O)c2ccccc2)CC1. The lowest BCUT2D eigenvalue weighted by molar-refractivity contribution is -0.896. The van der Waals surface area contributed by atoms with E-state index in [1.54, 1.807) is 0 Å². The molecule has 0 bridgehead atoms. The number of rotatable bonds is 8. The molecule has 0 aromatic heterocycles. The van der Waals surface area contributed by atoms with Gasteiger partial charge >= 0.3 is 0 Å². The van der Waals surface area contributed by atoms with Crippen LogP contribution in [-0.2, 0) is 9.53 Å². The van der Waals surface area contributed by atoms with E-state index in [0.717, 1.165) is 25.1 Å². The minimum absolute atomic E-state index is 0.0717. The maximum absolute atomic E-state index is 12.4. The lowest BCUT2D eigenvalue weighted by Gasteiger charge is -2.32. The van der Waals surface area contributed by atoms with Gasteiger partial charge < -0.3 is 19.9 Å². The zero-order valence-electron chi connectivity index (χ0n) is 15.3. The molecular weight excluding hydrogens is 318 g/mol. The standard InChI is InChI=1S/C19H29N3O3/c1-16(2)25-14-6-9-20-18(23)15-21-10-12-22(13-11-21)19(24)17-7-4-3-5-8-17/h3-5,7-8,16H,6,9-15H2,1-2H3,(H,20,23)/p+1. The Labute approximate surface area is 150 Å². The topological polar surface area (TPSA) is 63.1 Å². The Morgan fingerprint density at radius 2 is 1.88 bits per heavy atom. The zero-order valence-corrected chi connectivity index (χ0v) is 15.3. The highest BCUT2D eigenvalue weighted by molar-refractivity contribution is 5.94. The van der Waals surface area contributed by atoms with Crippen molar-refractivity contribution in [2.45, 2.75) is 26.4 Å². The van der Waals surface area contributed by atoms with Crippen LogP contribution in [0.25, 0.3) is 0 Å². The first kappa shape index (κ1) is 19.4. The molecule has 0 aliphatic carbocycles. The Hall–Kier alpha value is -1.92. The molecule has 2 N–H and O–H groups in total. The quantitative estimate of drug-likeness (QED) is 0.648. The summed E-state index contributed by atoms with van der Waals surface area (Å²) in [4.78, 5) is 27.5. The van der Waals surface area contributed by atoms with E-state index in [4.69, 9.17) is 4.74 Å². The van der Waals surface area contributed by atoms with Crippen LogP contribution in [0.1, 0.15) is 30.6 Å². The van der Waals surface area contributed by atoms with Crippen LogP contribution < -0.4 is 10.2 Å². The third-order valence-electron chi connectivity index (χ3n) is 4.28. The molecule has 1 aliphatic heterocycles. The minimum Gasteiger partial charge on any atom is -0.379 e. The van der Waals surface area contributed by atoms with Gasteiger partial charge in [0.15, 0.2) is 6.54 Å². The Kier molecular flexibility index (Phi) is 7.88. The van der Waals surface area contributed by atoms with E-state index in [1.807, 2.05) is 49.1 Å². The van der Waals surface area contributed by atoms with Crippen LogP contribution >= 0.6 is 0 Å². The molecule has 6 nitrogen and oxygen atoms in total. The Bertz CT molecular complexity index is 540. The number of piperazine rings is 1. The van der Waals surface area contributed by atoms with Crippen molar-refractivity contribution < 1.29 is 19.2 Å². The number of carbonyl (C=O) groups is 2. The number of nitrogens with one attached hydrogen (secondary N) is 2. The van der Waals surface area contributed by atoms with Gasteiger partial charge in [0, 0.05) is 18.7 Å². The van der Waals surface area contributed by atoms with Crippen LogP contribution in [0.2, 0.25) is 0 Å². The van der Waals surface area contributed by atoms with Crippen LogP contribution in [0.5, 0.6) is 0 Å². The van der Waals surface area contributed by atoms with Gasteiger partial charge in [0.1, 0.15) is 0 Å².